The lowest BCUT2D eigenvalue weighted by molar-refractivity contribution is 0.0697. The van der Waals surface area contributed by atoms with Gasteiger partial charge in [-0.25, -0.2) is 4.79 Å². The zero-order valence-electron chi connectivity index (χ0n) is 11.6. The number of hydrogen-bond acceptors (Lipinski definition) is 4. The molecule has 2 rings (SSSR count). The summed E-state index contributed by atoms with van der Waals surface area (Å²) < 4.78 is 0. The van der Waals surface area contributed by atoms with Gasteiger partial charge in [0.15, 0.2) is 0 Å². The van der Waals surface area contributed by atoms with E-state index < -0.39 is 5.97 Å². The minimum absolute atomic E-state index is 0.171. The molecule has 0 saturated heterocycles. The third-order valence-electron chi connectivity index (χ3n) is 3.08. The number of hydrogen-bond donors (Lipinski definition) is 2. The van der Waals surface area contributed by atoms with Crippen molar-refractivity contribution in [2.75, 3.05) is 5.32 Å². The van der Waals surface area contributed by atoms with Gasteiger partial charge in [-0.15, -0.1) is 0 Å². The molecule has 0 aromatic carbocycles. The fourth-order valence-corrected chi connectivity index (χ4v) is 2.01. The normalized spacial score (nSPS) is 10.3. The molecule has 0 bridgehead atoms. The first-order chi connectivity index (χ1) is 9.61. The van der Waals surface area contributed by atoms with Crippen molar-refractivity contribution in [3.63, 3.8) is 0 Å². The van der Waals surface area contributed by atoms with Crippen molar-refractivity contribution in [2.45, 2.75) is 26.8 Å². The highest BCUT2D eigenvalue weighted by Crippen LogP contribution is 2.17. The molecule has 0 fully saturated rings. The maximum Gasteiger partial charge on any atom is 0.339 e. The van der Waals surface area contributed by atoms with Gasteiger partial charge in [-0.1, -0.05) is 13.0 Å². The number of anilines is 1. The summed E-state index contributed by atoms with van der Waals surface area (Å²) in [5, 5.41) is 12.3. The lowest BCUT2D eigenvalue weighted by Gasteiger charge is -2.11. The number of aromatic nitrogens is 2. The quantitative estimate of drug-likeness (QED) is 0.874. The third-order valence-corrected chi connectivity index (χ3v) is 3.08. The molecule has 2 N–H and O–H groups in total. The van der Waals surface area contributed by atoms with Crippen LogP contribution >= 0.6 is 0 Å². The van der Waals surface area contributed by atoms with E-state index in [0.29, 0.717) is 12.2 Å². The van der Waals surface area contributed by atoms with Gasteiger partial charge in [-0.2, -0.15) is 0 Å². The largest absolute Gasteiger partial charge is 0.478 e. The first kappa shape index (κ1) is 14.0. The van der Waals surface area contributed by atoms with Gasteiger partial charge in [-0.3, -0.25) is 9.97 Å². The molecule has 104 valence electrons. The Morgan fingerprint density at radius 1 is 1.40 bits per heavy atom. The van der Waals surface area contributed by atoms with Crippen molar-refractivity contribution < 1.29 is 9.90 Å². The molecular formula is C15H17N3O2. The molecule has 0 radical (unpaired) electrons. The van der Waals surface area contributed by atoms with Crippen molar-refractivity contribution in [2.24, 2.45) is 0 Å². The molecular weight excluding hydrogens is 254 g/mol. The molecule has 2 aromatic heterocycles. The van der Waals surface area contributed by atoms with Crippen LogP contribution in [0.4, 0.5) is 5.69 Å². The van der Waals surface area contributed by atoms with Gasteiger partial charge in [0.05, 0.1) is 17.9 Å². The molecule has 2 aromatic rings. The fraction of sp³-hybridized carbons (Fsp3) is 0.267. The summed E-state index contributed by atoms with van der Waals surface area (Å²) in [4.78, 5) is 19.5. The average Bonchev–Trinajstić information content (AvgIpc) is 2.45. The summed E-state index contributed by atoms with van der Waals surface area (Å²) in [7, 11) is 0. The predicted octanol–water partition coefficient (Wildman–Crippen LogP) is 2.66. The monoisotopic (exact) mass is 271 g/mol. The van der Waals surface area contributed by atoms with Crippen LogP contribution in [0.3, 0.4) is 0 Å². The molecule has 5 heteroatoms. The highest BCUT2D eigenvalue weighted by atomic mass is 16.4. The number of pyridine rings is 2. The number of nitrogens with zero attached hydrogens (tertiary/aromatic N) is 2. The molecule has 0 saturated carbocycles. The van der Waals surface area contributed by atoms with E-state index >= 15 is 0 Å². The van der Waals surface area contributed by atoms with Crippen LogP contribution in [0, 0.1) is 6.92 Å². The fourth-order valence-electron chi connectivity index (χ4n) is 2.01. The Hall–Kier alpha value is -2.43. The number of carboxylic acid groups (broad SMARTS) is 1. The summed E-state index contributed by atoms with van der Waals surface area (Å²) in [6.07, 6.45) is 4.01. The van der Waals surface area contributed by atoms with Crippen LogP contribution in [-0.4, -0.2) is 21.0 Å². The molecule has 5 nitrogen and oxygen atoms in total. The molecule has 0 aliphatic heterocycles. The van der Waals surface area contributed by atoms with Crippen molar-refractivity contribution in [3.05, 3.63) is 53.1 Å². The Kier molecular flexibility index (Phi) is 4.30. The van der Waals surface area contributed by atoms with Crippen LogP contribution in [-0.2, 0) is 13.0 Å². The maximum atomic E-state index is 11.2. The van der Waals surface area contributed by atoms with Crippen LogP contribution in [0.5, 0.6) is 0 Å². The average molecular weight is 271 g/mol. The second-order valence-electron chi connectivity index (χ2n) is 4.49. The Labute approximate surface area is 117 Å². The molecule has 20 heavy (non-hydrogen) atoms. The molecule has 0 spiro atoms. The van der Waals surface area contributed by atoms with Gasteiger partial charge in [0, 0.05) is 18.1 Å². The first-order valence-electron chi connectivity index (χ1n) is 6.48. The van der Waals surface area contributed by atoms with Gasteiger partial charge < -0.3 is 10.4 Å². The van der Waals surface area contributed by atoms with E-state index in [4.69, 9.17) is 5.11 Å². The minimum atomic E-state index is -0.989. The number of rotatable bonds is 5. The number of aromatic carboxylic acids is 1. The Morgan fingerprint density at radius 3 is 2.90 bits per heavy atom. The van der Waals surface area contributed by atoms with E-state index in [2.05, 4.69) is 22.2 Å². The van der Waals surface area contributed by atoms with E-state index in [1.165, 1.54) is 6.20 Å². The Bertz CT molecular complexity index is 626. The van der Waals surface area contributed by atoms with Gasteiger partial charge >= 0.3 is 5.97 Å². The Morgan fingerprint density at radius 2 is 2.20 bits per heavy atom. The molecule has 0 unspecified atom stereocenters. The second kappa shape index (κ2) is 6.14. The van der Waals surface area contributed by atoms with Crippen molar-refractivity contribution in [3.8, 4) is 0 Å². The van der Waals surface area contributed by atoms with Crippen LogP contribution < -0.4 is 5.32 Å². The summed E-state index contributed by atoms with van der Waals surface area (Å²) in [5.74, 6) is -0.989. The zero-order chi connectivity index (χ0) is 14.5. The lowest BCUT2D eigenvalue weighted by Crippen LogP contribution is -2.09. The molecule has 0 amide bonds. The zero-order valence-corrected chi connectivity index (χ0v) is 11.6. The van der Waals surface area contributed by atoms with Gasteiger partial charge in [0.2, 0.25) is 0 Å². The van der Waals surface area contributed by atoms with E-state index in [1.54, 1.807) is 12.3 Å². The molecule has 0 aliphatic carbocycles. The molecule has 0 atom stereocenters. The standard InChI is InChI=1S/C15H17N3O2/c1-3-11-5-4-6-16-14(11)9-18-13-7-10(2)17-8-12(13)15(19)20/h4-8H,3,9H2,1-2H3,(H,17,18)(H,19,20). The molecule has 2 heterocycles. The van der Waals surface area contributed by atoms with E-state index in [9.17, 15) is 4.79 Å². The minimum Gasteiger partial charge on any atom is -0.478 e. The summed E-state index contributed by atoms with van der Waals surface area (Å²) in [6, 6.07) is 5.67. The lowest BCUT2D eigenvalue weighted by atomic mass is 10.1. The highest BCUT2D eigenvalue weighted by molar-refractivity contribution is 5.93. The van der Waals surface area contributed by atoms with Crippen molar-refractivity contribution in [1.82, 2.24) is 9.97 Å². The second-order valence-corrected chi connectivity index (χ2v) is 4.49. The summed E-state index contributed by atoms with van der Waals surface area (Å²) in [5.41, 5.74) is 3.60. The molecule has 0 aliphatic rings. The van der Waals surface area contributed by atoms with Gasteiger partial charge in [0.1, 0.15) is 5.56 Å². The van der Waals surface area contributed by atoms with Crippen LogP contribution in [0.25, 0.3) is 0 Å². The van der Waals surface area contributed by atoms with E-state index in [-0.39, 0.29) is 5.56 Å². The van der Waals surface area contributed by atoms with Crippen LogP contribution in [0.1, 0.15) is 34.2 Å². The topological polar surface area (TPSA) is 75.1 Å². The summed E-state index contributed by atoms with van der Waals surface area (Å²) >= 11 is 0. The van der Waals surface area contributed by atoms with Crippen molar-refractivity contribution >= 4 is 11.7 Å². The van der Waals surface area contributed by atoms with Crippen molar-refractivity contribution in [1.29, 1.82) is 0 Å². The highest BCUT2D eigenvalue weighted by Gasteiger charge is 2.11. The van der Waals surface area contributed by atoms with Gasteiger partial charge in [0.25, 0.3) is 0 Å². The number of carbonyl (C=O) groups is 1. The number of carboxylic acids is 1. The Balaban J connectivity index is 2.22. The number of aryl methyl sites for hydroxylation is 2. The maximum absolute atomic E-state index is 11.2. The summed E-state index contributed by atoms with van der Waals surface area (Å²) in [6.45, 7) is 4.39. The number of nitrogens with one attached hydrogen (secondary N) is 1. The first-order valence-corrected chi connectivity index (χ1v) is 6.48. The third kappa shape index (κ3) is 3.12. The predicted molar refractivity (Wildman–Crippen MR) is 76.9 cm³/mol. The van der Waals surface area contributed by atoms with Gasteiger partial charge in [-0.05, 0) is 31.0 Å². The van der Waals surface area contributed by atoms with Crippen LogP contribution in [0.2, 0.25) is 0 Å². The van der Waals surface area contributed by atoms with E-state index in [0.717, 1.165) is 23.4 Å². The SMILES string of the molecule is CCc1cccnc1CNc1cc(C)ncc1C(=O)O. The van der Waals surface area contributed by atoms with E-state index in [1.807, 2.05) is 19.1 Å². The smallest absolute Gasteiger partial charge is 0.339 e. The van der Waals surface area contributed by atoms with Crippen LogP contribution in [0.15, 0.2) is 30.6 Å².